The third-order valence-corrected chi connectivity index (χ3v) is 10.4. The van der Waals surface area contributed by atoms with Crippen molar-refractivity contribution in [2.24, 2.45) is 0 Å². The number of phenols is 1. The van der Waals surface area contributed by atoms with E-state index in [0.717, 1.165) is 19.0 Å². The Morgan fingerprint density at radius 1 is 1.08 bits per heavy atom. The van der Waals surface area contributed by atoms with E-state index in [1.807, 2.05) is 4.90 Å². The zero-order valence-corrected chi connectivity index (χ0v) is 25.6. The number of nitrogens with zero attached hydrogens (tertiary/aromatic N) is 6. The third-order valence-electron chi connectivity index (χ3n) is 10.4. The molecule has 8 rings (SSSR count). The Morgan fingerprint density at radius 2 is 1.85 bits per heavy atom. The van der Waals surface area contributed by atoms with Crippen LogP contribution >= 0.6 is 0 Å². The molecule has 0 radical (unpaired) electrons. The van der Waals surface area contributed by atoms with Gasteiger partial charge in [-0.1, -0.05) is 12.0 Å². The van der Waals surface area contributed by atoms with Gasteiger partial charge >= 0.3 is 12.3 Å². The van der Waals surface area contributed by atoms with Gasteiger partial charge in [0.25, 0.3) is 0 Å². The normalized spacial score (nSPS) is 26.0. The molecule has 0 aliphatic carbocycles. The average Bonchev–Trinajstić information content (AvgIpc) is 3.67. The van der Waals surface area contributed by atoms with Crippen molar-refractivity contribution in [1.29, 1.82) is 0 Å². The number of aromatic hydroxyl groups is 1. The number of benzene rings is 2. The fourth-order valence-corrected chi connectivity index (χ4v) is 8.41. The van der Waals surface area contributed by atoms with E-state index in [1.54, 1.807) is 4.90 Å². The summed E-state index contributed by atoms with van der Waals surface area (Å²) < 4.78 is 93.9. The number of ether oxygens (including phenoxy) is 1. The molecular weight excluding hydrogens is 638 g/mol. The maximum Gasteiger partial charge on any atom is 0.460 e. The van der Waals surface area contributed by atoms with Crippen LogP contribution in [0.25, 0.3) is 32.9 Å². The van der Waals surface area contributed by atoms with Crippen LogP contribution < -0.4 is 9.64 Å². The quantitative estimate of drug-likeness (QED) is 0.159. The smallest absolute Gasteiger partial charge is 0.460 e. The van der Waals surface area contributed by atoms with Crippen molar-refractivity contribution in [2.45, 2.75) is 62.2 Å². The van der Waals surface area contributed by atoms with Gasteiger partial charge in [-0.2, -0.15) is 23.1 Å². The van der Waals surface area contributed by atoms with Gasteiger partial charge < -0.3 is 14.7 Å². The van der Waals surface area contributed by atoms with Gasteiger partial charge in [-0.15, -0.1) is 6.42 Å². The highest BCUT2D eigenvalue weighted by atomic mass is 19.4. The lowest BCUT2D eigenvalue weighted by Crippen LogP contribution is -2.58. The number of alkyl halides is 4. The second-order valence-electron chi connectivity index (χ2n) is 13.2. The Bertz CT molecular complexity index is 1990. The number of rotatable bonds is 5. The Labute approximate surface area is 271 Å². The Balaban J connectivity index is 1.26. The maximum absolute atomic E-state index is 16.8. The molecule has 0 saturated carbocycles. The van der Waals surface area contributed by atoms with E-state index in [2.05, 4.69) is 20.9 Å². The van der Waals surface area contributed by atoms with Crippen molar-refractivity contribution < 1.29 is 36.2 Å². The highest BCUT2D eigenvalue weighted by Gasteiger charge is 2.53. The number of halogens is 6. The predicted octanol–water partition coefficient (Wildman–Crippen LogP) is 5.94. The molecule has 0 spiro atoms. The SMILES string of the molecule is C#Cc1c(F)ccc2cc(O)cc(-c3ncc4c(N5CC6CCC(C5)N6C(F)(F)F)nc(OC[C@@]56CCCN5C[C@H](F)C6)nc4c3F)c12. The summed E-state index contributed by atoms with van der Waals surface area (Å²) in [7, 11) is 0. The van der Waals surface area contributed by atoms with Gasteiger partial charge in [0.05, 0.1) is 16.5 Å². The molecule has 48 heavy (non-hydrogen) atoms. The lowest BCUT2D eigenvalue weighted by Gasteiger charge is -2.42. The number of anilines is 1. The fourth-order valence-electron chi connectivity index (χ4n) is 8.41. The molecule has 6 heterocycles. The first-order valence-electron chi connectivity index (χ1n) is 15.9. The van der Waals surface area contributed by atoms with Crippen molar-refractivity contribution in [3.05, 3.63) is 47.7 Å². The average molecular weight is 669 g/mol. The minimum absolute atomic E-state index is 0.0197. The first-order valence-corrected chi connectivity index (χ1v) is 15.9. The molecule has 1 N–H and O–H groups in total. The molecule has 2 aromatic carbocycles. The third kappa shape index (κ3) is 4.89. The van der Waals surface area contributed by atoms with Crippen LogP contribution in [0.15, 0.2) is 30.5 Å². The van der Waals surface area contributed by atoms with Crippen LogP contribution in [0.3, 0.4) is 0 Å². The molecule has 4 aliphatic rings. The lowest BCUT2D eigenvalue weighted by molar-refractivity contribution is -0.263. The van der Waals surface area contributed by atoms with Crippen molar-refractivity contribution >= 4 is 27.5 Å². The molecule has 4 atom stereocenters. The summed E-state index contributed by atoms with van der Waals surface area (Å²) in [5.74, 6) is 0.579. The topological polar surface area (TPSA) is 77.9 Å². The number of pyridine rings is 1. The largest absolute Gasteiger partial charge is 0.508 e. The second kappa shape index (κ2) is 11.1. The number of hydrogen-bond acceptors (Lipinski definition) is 8. The maximum atomic E-state index is 16.8. The summed E-state index contributed by atoms with van der Waals surface area (Å²) in [6.07, 6.45) is 3.98. The van der Waals surface area contributed by atoms with Crippen molar-refractivity contribution in [3.8, 4) is 35.4 Å². The van der Waals surface area contributed by atoms with Crippen molar-refractivity contribution in [3.63, 3.8) is 0 Å². The van der Waals surface area contributed by atoms with Crippen LogP contribution in [0.4, 0.5) is 32.2 Å². The molecule has 14 heteroatoms. The fraction of sp³-hybridized carbons (Fsp3) is 0.441. The van der Waals surface area contributed by atoms with E-state index in [-0.39, 0.29) is 76.8 Å². The zero-order valence-electron chi connectivity index (χ0n) is 25.6. The van der Waals surface area contributed by atoms with Gasteiger partial charge in [0, 0.05) is 55.3 Å². The molecule has 8 nitrogen and oxygen atoms in total. The Morgan fingerprint density at radius 3 is 2.58 bits per heavy atom. The van der Waals surface area contributed by atoms with E-state index in [1.165, 1.54) is 24.4 Å². The first-order chi connectivity index (χ1) is 23.0. The molecule has 2 aromatic heterocycles. The molecular formula is C34H30F6N6O2. The van der Waals surface area contributed by atoms with Gasteiger partial charge in [-0.25, -0.2) is 18.1 Å². The van der Waals surface area contributed by atoms with Crippen LogP contribution in [0.5, 0.6) is 11.8 Å². The summed E-state index contributed by atoms with van der Waals surface area (Å²) >= 11 is 0. The summed E-state index contributed by atoms with van der Waals surface area (Å²) in [6.45, 7) is 1.03. The molecule has 4 fully saturated rings. The van der Waals surface area contributed by atoms with E-state index in [9.17, 15) is 27.1 Å². The number of aromatic nitrogens is 3. The number of piperazine rings is 1. The molecule has 0 amide bonds. The van der Waals surface area contributed by atoms with E-state index < -0.39 is 41.7 Å². The summed E-state index contributed by atoms with van der Waals surface area (Å²) in [4.78, 5) is 17.7. The van der Waals surface area contributed by atoms with Gasteiger partial charge in [0.2, 0.25) is 0 Å². The van der Waals surface area contributed by atoms with E-state index >= 15 is 4.39 Å². The van der Waals surface area contributed by atoms with E-state index in [4.69, 9.17) is 11.2 Å². The van der Waals surface area contributed by atoms with Gasteiger partial charge in [0.15, 0.2) is 5.82 Å². The predicted molar refractivity (Wildman–Crippen MR) is 165 cm³/mol. The van der Waals surface area contributed by atoms with Crippen LogP contribution in [0.1, 0.15) is 37.7 Å². The molecule has 250 valence electrons. The van der Waals surface area contributed by atoms with Crippen molar-refractivity contribution in [1.82, 2.24) is 24.8 Å². The highest BCUT2D eigenvalue weighted by molar-refractivity contribution is 6.03. The number of hydrogen-bond donors (Lipinski definition) is 1. The number of terminal acetylenes is 1. The zero-order chi connectivity index (χ0) is 33.5. The van der Waals surface area contributed by atoms with Crippen LogP contribution in [0.2, 0.25) is 0 Å². The number of phenolic OH excluding ortho intramolecular Hbond substituents is 1. The Hall–Kier alpha value is -4.35. The molecule has 2 bridgehead atoms. The molecule has 4 aliphatic heterocycles. The molecule has 4 saturated heterocycles. The summed E-state index contributed by atoms with van der Waals surface area (Å²) in [6, 6.07) is 3.31. The minimum atomic E-state index is -4.49. The van der Waals surface area contributed by atoms with Crippen molar-refractivity contribution in [2.75, 3.05) is 37.7 Å². The second-order valence-corrected chi connectivity index (χ2v) is 13.2. The van der Waals surface area contributed by atoms with Gasteiger partial charge in [0.1, 0.15) is 41.4 Å². The standard InChI is InChI=1S/C34H30F6N6O2/c1-2-23-26(36)7-4-18-10-22(47)11-24(27(18)23)29-28(37)30-25(13-41-29)31(44-15-20-5-6-21(16-44)46(20)34(38,39)40)43-32(42-30)48-17-33-8-3-9-45(33)14-19(35)12-33/h1,4,7,10-11,13,19-21,47H,3,5-6,8-9,12,14-17H2/t19-,20?,21?,33+/m1/s1. The number of fused-ring (bicyclic) bond motifs is 5. The van der Waals surface area contributed by atoms with Gasteiger partial charge in [-0.3, -0.25) is 9.88 Å². The molecule has 4 aromatic rings. The molecule has 2 unspecified atom stereocenters. The monoisotopic (exact) mass is 668 g/mol. The van der Waals surface area contributed by atoms with Crippen LogP contribution in [-0.2, 0) is 0 Å². The Kier molecular flexibility index (Phi) is 7.16. The van der Waals surface area contributed by atoms with Crippen LogP contribution in [-0.4, -0.2) is 92.7 Å². The summed E-state index contributed by atoms with van der Waals surface area (Å²) in [5, 5.41) is 11.2. The summed E-state index contributed by atoms with van der Waals surface area (Å²) in [5.41, 5.74) is -1.18. The van der Waals surface area contributed by atoms with Crippen LogP contribution in [0, 0.1) is 24.0 Å². The van der Waals surface area contributed by atoms with Gasteiger partial charge in [-0.05, 0) is 55.8 Å². The lowest BCUT2D eigenvalue weighted by atomic mass is 9.95. The van der Waals surface area contributed by atoms with E-state index in [0.29, 0.717) is 36.1 Å². The minimum Gasteiger partial charge on any atom is -0.508 e. The highest BCUT2D eigenvalue weighted by Crippen LogP contribution is 2.44. The first kappa shape index (κ1) is 31.0.